The highest BCUT2D eigenvalue weighted by atomic mass is 19.1. The van der Waals surface area contributed by atoms with E-state index in [4.69, 9.17) is 5.11 Å². The van der Waals surface area contributed by atoms with Crippen molar-refractivity contribution in [2.45, 2.75) is 13.2 Å². The van der Waals surface area contributed by atoms with Crippen LogP contribution in [0.5, 0.6) is 0 Å². The van der Waals surface area contributed by atoms with Gasteiger partial charge in [0.1, 0.15) is 5.69 Å². The third-order valence-corrected chi connectivity index (χ3v) is 2.30. The van der Waals surface area contributed by atoms with Crippen molar-refractivity contribution in [1.82, 2.24) is 15.0 Å². The Kier molecular flexibility index (Phi) is 3.28. The van der Waals surface area contributed by atoms with Crippen molar-refractivity contribution in [2.24, 2.45) is 0 Å². The number of aliphatic hydroxyl groups is 1. The maximum Gasteiger partial charge on any atom is 0.304 e. The molecule has 0 aliphatic rings. The van der Waals surface area contributed by atoms with Crippen LogP contribution >= 0.6 is 0 Å². The number of rotatable bonds is 4. The Labute approximate surface area is 101 Å². The van der Waals surface area contributed by atoms with Crippen LogP contribution < -0.4 is 0 Å². The maximum atomic E-state index is 13.3. The first-order chi connectivity index (χ1) is 8.60. The standard InChI is InChI=1S/C10H9FN4O3/c11-9-3-7(1-2-10(9)15(17)18)4-14-5-8(6-16)12-13-14/h1-3,5,16H,4,6H2. The lowest BCUT2D eigenvalue weighted by atomic mass is 10.2. The van der Waals surface area contributed by atoms with E-state index in [1.165, 1.54) is 16.9 Å². The van der Waals surface area contributed by atoms with Gasteiger partial charge in [0.25, 0.3) is 0 Å². The normalized spacial score (nSPS) is 10.6. The minimum Gasteiger partial charge on any atom is -0.390 e. The second-order valence-corrected chi connectivity index (χ2v) is 3.61. The Balaban J connectivity index is 2.19. The SMILES string of the molecule is O=[N+]([O-])c1ccc(Cn2cc(CO)nn2)cc1F. The molecule has 0 aliphatic carbocycles. The summed E-state index contributed by atoms with van der Waals surface area (Å²) in [4.78, 5) is 9.66. The van der Waals surface area contributed by atoms with Gasteiger partial charge >= 0.3 is 5.69 Å². The molecule has 1 heterocycles. The zero-order valence-electron chi connectivity index (χ0n) is 9.15. The zero-order valence-corrected chi connectivity index (χ0v) is 9.15. The second-order valence-electron chi connectivity index (χ2n) is 3.61. The molecule has 94 valence electrons. The highest BCUT2D eigenvalue weighted by Gasteiger charge is 2.13. The van der Waals surface area contributed by atoms with E-state index in [0.29, 0.717) is 11.3 Å². The molecule has 1 aromatic carbocycles. The van der Waals surface area contributed by atoms with E-state index in [1.807, 2.05) is 0 Å². The molecule has 0 radical (unpaired) electrons. The van der Waals surface area contributed by atoms with Gasteiger partial charge in [-0.2, -0.15) is 4.39 Å². The molecule has 2 aromatic rings. The molecule has 2 rings (SSSR count). The molecule has 0 bridgehead atoms. The van der Waals surface area contributed by atoms with Gasteiger partial charge in [-0.1, -0.05) is 11.3 Å². The molecule has 0 saturated heterocycles. The number of hydrogen-bond acceptors (Lipinski definition) is 5. The smallest absolute Gasteiger partial charge is 0.304 e. The Hall–Kier alpha value is -2.35. The van der Waals surface area contributed by atoms with Crippen molar-refractivity contribution in [3.8, 4) is 0 Å². The summed E-state index contributed by atoms with van der Waals surface area (Å²) in [7, 11) is 0. The van der Waals surface area contributed by atoms with Crippen molar-refractivity contribution in [3.05, 3.63) is 51.6 Å². The minimum absolute atomic E-state index is 0.224. The van der Waals surface area contributed by atoms with E-state index in [-0.39, 0.29) is 13.2 Å². The van der Waals surface area contributed by atoms with Crippen LogP contribution in [0.3, 0.4) is 0 Å². The van der Waals surface area contributed by atoms with E-state index >= 15 is 0 Å². The fourth-order valence-corrected chi connectivity index (χ4v) is 1.47. The van der Waals surface area contributed by atoms with Gasteiger partial charge in [0.05, 0.1) is 24.3 Å². The summed E-state index contributed by atoms with van der Waals surface area (Å²) in [5.41, 5.74) is 0.360. The van der Waals surface area contributed by atoms with Crippen LogP contribution in [0.15, 0.2) is 24.4 Å². The fourth-order valence-electron chi connectivity index (χ4n) is 1.47. The van der Waals surface area contributed by atoms with Gasteiger partial charge in [0, 0.05) is 6.07 Å². The summed E-state index contributed by atoms with van der Waals surface area (Å²) >= 11 is 0. The molecule has 7 nitrogen and oxygen atoms in total. The number of nitro benzene ring substituents is 1. The quantitative estimate of drug-likeness (QED) is 0.643. The lowest BCUT2D eigenvalue weighted by Crippen LogP contribution is -2.02. The highest BCUT2D eigenvalue weighted by molar-refractivity contribution is 5.35. The zero-order chi connectivity index (χ0) is 13.1. The lowest BCUT2D eigenvalue weighted by Gasteiger charge is -2.01. The third kappa shape index (κ3) is 2.48. The lowest BCUT2D eigenvalue weighted by molar-refractivity contribution is -0.387. The summed E-state index contributed by atoms with van der Waals surface area (Å²) in [6.07, 6.45) is 1.51. The Bertz CT molecular complexity index is 584. The largest absolute Gasteiger partial charge is 0.390 e. The van der Waals surface area contributed by atoms with Crippen LogP contribution in [0, 0.1) is 15.9 Å². The Morgan fingerprint density at radius 3 is 2.83 bits per heavy atom. The number of nitro groups is 1. The topological polar surface area (TPSA) is 94.1 Å². The second kappa shape index (κ2) is 4.88. The van der Waals surface area contributed by atoms with Crippen LogP contribution in [0.2, 0.25) is 0 Å². The van der Waals surface area contributed by atoms with E-state index in [0.717, 1.165) is 12.1 Å². The van der Waals surface area contributed by atoms with Crippen molar-refractivity contribution in [3.63, 3.8) is 0 Å². The molecule has 8 heteroatoms. The summed E-state index contributed by atoms with van der Waals surface area (Å²) < 4.78 is 14.8. The van der Waals surface area contributed by atoms with Gasteiger partial charge in [0.15, 0.2) is 0 Å². The molecule has 0 spiro atoms. The minimum atomic E-state index is -0.889. The van der Waals surface area contributed by atoms with Crippen molar-refractivity contribution >= 4 is 5.69 Å². The molecule has 0 atom stereocenters. The van der Waals surface area contributed by atoms with Gasteiger partial charge in [-0.05, 0) is 11.6 Å². The monoisotopic (exact) mass is 252 g/mol. The first kappa shape index (κ1) is 12.1. The third-order valence-electron chi connectivity index (χ3n) is 2.30. The van der Waals surface area contributed by atoms with Crippen molar-refractivity contribution in [1.29, 1.82) is 0 Å². The molecule has 0 amide bonds. The number of aliphatic hydroxyl groups excluding tert-OH is 1. The average Bonchev–Trinajstić information content (AvgIpc) is 2.76. The number of nitrogens with zero attached hydrogens (tertiary/aromatic N) is 4. The summed E-state index contributed by atoms with van der Waals surface area (Å²) in [6, 6.07) is 3.63. The molecular formula is C10H9FN4O3. The van der Waals surface area contributed by atoms with E-state index in [9.17, 15) is 14.5 Å². The van der Waals surface area contributed by atoms with Gasteiger partial charge < -0.3 is 5.11 Å². The predicted molar refractivity (Wildman–Crippen MR) is 58.1 cm³/mol. The molecule has 0 aliphatic heterocycles. The Morgan fingerprint density at radius 1 is 1.50 bits per heavy atom. The summed E-state index contributed by atoms with van der Waals surface area (Å²) in [5.74, 6) is -0.889. The molecule has 18 heavy (non-hydrogen) atoms. The molecule has 0 saturated carbocycles. The molecular weight excluding hydrogens is 243 g/mol. The average molecular weight is 252 g/mol. The van der Waals surface area contributed by atoms with Crippen LogP contribution in [-0.4, -0.2) is 25.0 Å². The van der Waals surface area contributed by atoms with Crippen LogP contribution in [-0.2, 0) is 13.2 Å². The van der Waals surface area contributed by atoms with Gasteiger partial charge in [-0.3, -0.25) is 10.1 Å². The first-order valence-electron chi connectivity index (χ1n) is 5.03. The van der Waals surface area contributed by atoms with E-state index in [2.05, 4.69) is 10.3 Å². The molecule has 1 aromatic heterocycles. The highest BCUT2D eigenvalue weighted by Crippen LogP contribution is 2.18. The fraction of sp³-hybridized carbons (Fsp3) is 0.200. The summed E-state index contributed by atoms with van der Waals surface area (Å²) in [6.45, 7) is -0.00344. The molecule has 1 N–H and O–H groups in total. The predicted octanol–water partition coefficient (Wildman–Crippen LogP) is 0.866. The molecule has 0 unspecified atom stereocenters. The number of halogens is 1. The Morgan fingerprint density at radius 2 is 2.28 bits per heavy atom. The van der Waals surface area contributed by atoms with E-state index < -0.39 is 16.4 Å². The van der Waals surface area contributed by atoms with Gasteiger partial charge in [-0.15, -0.1) is 5.10 Å². The first-order valence-corrected chi connectivity index (χ1v) is 5.03. The van der Waals surface area contributed by atoms with Crippen LogP contribution in [0.1, 0.15) is 11.3 Å². The van der Waals surface area contributed by atoms with Crippen molar-refractivity contribution < 1.29 is 14.4 Å². The number of hydrogen-bond donors (Lipinski definition) is 1. The van der Waals surface area contributed by atoms with Crippen LogP contribution in [0.25, 0.3) is 0 Å². The van der Waals surface area contributed by atoms with Gasteiger partial charge in [0.2, 0.25) is 5.82 Å². The maximum absolute atomic E-state index is 13.3. The molecule has 0 fully saturated rings. The number of benzene rings is 1. The van der Waals surface area contributed by atoms with Crippen LogP contribution in [0.4, 0.5) is 10.1 Å². The van der Waals surface area contributed by atoms with Crippen molar-refractivity contribution in [2.75, 3.05) is 0 Å². The summed E-state index contributed by atoms with van der Waals surface area (Å²) in [5, 5.41) is 26.6. The number of aromatic nitrogens is 3. The van der Waals surface area contributed by atoms with Gasteiger partial charge in [-0.25, -0.2) is 4.68 Å². The van der Waals surface area contributed by atoms with E-state index in [1.54, 1.807) is 0 Å².